The maximum atomic E-state index is 12.5. The molecule has 0 aliphatic carbocycles. The zero-order valence-corrected chi connectivity index (χ0v) is 55.9. The van der Waals surface area contributed by atoms with Crippen molar-refractivity contribution in [1.29, 1.82) is 0 Å². The normalized spacial score (nSPS) is 12.8. The molecule has 2 atom stereocenters. The smallest absolute Gasteiger partial charge is 0.305 e. The van der Waals surface area contributed by atoms with Gasteiger partial charge in [0.05, 0.1) is 25.4 Å². The molecular weight excluding hydrogens is 1020 g/mol. The lowest BCUT2D eigenvalue weighted by molar-refractivity contribution is -0.143. The number of esters is 1. The summed E-state index contributed by atoms with van der Waals surface area (Å²) in [6.45, 7) is 4.91. The van der Waals surface area contributed by atoms with Crippen molar-refractivity contribution in [3.05, 3.63) is 48.6 Å². The van der Waals surface area contributed by atoms with E-state index in [9.17, 15) is 19.8 Å². The van der Waals surface area contributed by atoms with E-state index in [0.29, 0.717) is 19.4 Å². The third kappa shape index (κ3) is 68.8. The van der Waals surface area contributed by atoms with Gasteiger partial charge >= 0.3 is 5.97 Å². The molecule has 0 fully saturated rings. The van der Waals surface area contributed by atoms with Crippen LogP contribution in [0.2, 0.25) is 0 Å². The van der Waals surface area contributed by atoms with Crippen LogP contribution in [0.5, 0.6) is 0 Å². The van der Waals surface area contributed by atoms with Crippen molar-refractivity contribution in [2.24, 2.45) is 0 Å². The summed E-state index contributed by atoms with van der Waals surface area (Å²) in [5.74, 6) is -0.0628. The van der Waals surface area contributed by atoms with Crippen molar-refractivity contribution >= 4 is 11.9 Å². The number of aliphatic hydroxyl groups excluding tert-OH is 2. The number of carbonyl (C=O) groups is 2. The lowest BCUT2D eigenvalue weighted by Crippen LogP contribution is -2.45. The highest BCUT2D eigenvalue weighted by atomic mass is 16.5. The molecule has 0 spiro atoms. The predicted molar refractivity (Wildman–Crippen MR) is 366 cm³/mol. The number of hydrogen-bond acceptors (Lipinski definition) is 5. The summed E-state index contributed by atoms with van der Waals surface area (Å²) in [4.78, 5) is 24.7. The molecule has 0 radical (unpaired) electrons. The molecule has 6 heteroatoms. The third-order valence-corrected chi connectivity index (χ3v) is 17.3. The summed E-state index contributed by atoms with van der Waals surface area (Å²) in [6.07, 6.45) is 94.8. The van der Waals surface area contributed by atoms with Crippen LogP contribution >= 0.6 is 0 Å². The van der Waals surface area contributed by atoms with Gasteiger partial charge in [0.25, 0.3) is 0 Å². The molecule has 0 aliphatic rings. The van der Waals surface area contributed by atoms with Gasteiger partial charge < -0.3 is 20.3 Å². The quantitative estimate of drug-likeness (QED) is 0.0320. The molecule has 0 aromatic rings. The molecule has 488 valence electrons. The van der Waals surface area contributed by atoms with E-state index >= 15 is 0 Å². The second kappa shape index (κ2) is 72.3. The lowest BCUT2D eigenvalue weighted by atomic mass is 10.0. The fourth-order valence-corrected chi connectivity index (χ4v) is 11.6. The van der Waals surface area contributed by atoms with Crippen molar-refractivity contribution in [2.75, 3.05) is 13.2 Å². The van der Waals surface area contributed by atoms with Crippen LogP contribution in [-0.2, 0) is 14.3 Å². The lowest BCUT2D eigenvalue weighted by Gasteiger charge is -2.20. The summed E-state index contributed by atoms with van der Waals surface area (Å²) >= 11 is 0. The van der Waals surface area contributed by atoms with Crippen LogP contribution in [-0.4, -0.2) is 47.4 Å². The number of rotatable bonds is 70. The number of nitrogens with one attached hydrogen (secondary N) is 1. The van der Waals surface area contributed by atoms with Gasteiger partial charge in [0.15, 0.2) is 0 Å². The van der Waals surface area contributed by atoms with Crippen molar-refractivity contribution in [1.82, 2.24) is 5.32 Å². The van der Waals surface area contributed by atoms with E-state index in [1.54, 1.807) is 6.08 Å². The SMILES string of the molecule is CCCCC/C=C\C/C=C\CCCCCCCCCCCC(=O)OCCCCCCCCCCCCCC/C=C\CCCCCCCCCC(=O)NC(CO)C(O)/C=C/CCCCCCCCCCCCCCCCCCCCCCCC. The zero-order valence-electron chi connectivity index (χ0n) is 55.9. The van der Waals surface area contributed by atoms with Crippen molar-refractivity contribution in [3.8, 4) is 0 Å². The van der Waals surface area contributed by atoms with Crippen LogP contribution in [0, 0.1) is 0 Å². The first-order valence-electron chi connectivity index (χ1n) is 37.4. The van der Waals surface area contributed by atoms with Gasteiger partial charge in [-0.15, -0.1) is 0 Å². The van der Waals surface area contributed by atoms with Crippen molar-refractivity contribution in [2.45, 2.75) is 418 Å². The summed E-state index contributed by atoms with van der Waals surface area (Å²) in [5, 5.41) is 23.3. The minimum absolute atomic E-state index is 0.00773. The van der Waals surface area contributed by atoms with E-state index in [0.717, 1.165) is 57.8 Å². The Morgan fingerprint density at radius 2 is 0.602 bits per heavy atom. The number of unbranched alkanes of at least 4 members (excludes halogenated alkanes) is 53. The van der Waals surface area contributed by atoms with Gasteiger partial charge in [-0.1, -0.05) is 351 Å². The van der Waals surface area contributed by atoms with E-state index in [2.05, 4.69) is 55.6 Å². The minimum atomic E-state index is -0.851. The van der Waals surface area contributed by atoms with Crippen LogP contribution in [0.3, 0.4) is 0 Å². The molecule has 0 saturated heterocycles. The van der Waals surface area contributed by atoms with E-state index in [1.165, 1.54) is 321 Å². The fraction of sp³-hybridized carbons (Fsp3) is 0.870. The van der Waals surface area contributed by atoms with E-state index < -0.39 is 12.1 Å². The standard InChI is InChI=1S/C77H145NO5/c1-3-5-7-9-11-13-15-17-19-21-23-24-25-27-30-34-37-41-45-49-53-57-61-65-69-75(80)74(73-79)78-76(81)70-66-62-58-54-50-46-42-38-35-31-28-26-29-32-36-40-44-48-52-56-60-64-68-72-83-77(82)71-67-63-59-55-51-47-43-39-33-22-20-18-16-14-12-10-8-6-4-2/h12,14,18,20,31,35,65,69,74-75,79-80H,3-11,13,15-17,19,21-30,32-34,36-64,66-68,70-73H2,1-2H3,(H,78,81)/b14-12-,20-18-,35-31-,69-65+. The molecular formula is C77H145NO5. The molecule has 2 unspecified atom stereocenters. The summed E-state index contributed by atoms with van der Waals surface area (Å²) in [7, 11) is 0. The number of aliphatic hydroxyl groups is 2. The van der Waals surface area contributed by atoms with Gasteiger partial charge in [-0.2, -0.15) is 0 Å². The van der Waals surface area contributed by atoms with Gasteiger partial charge in [-0.3, -0.25) is 9.59 Å². The maximum absolute atomic E-state index is 12.5. The average Bonchev–Trinajstić information content (AvgIpc) is 3.49. The molecule has 0 bridgehead atoms. The molecule has 0 heterocycles. The molecule has 3 N–H and O–H groups in total. The second-order valence-electron chi connectivity index (χ2n) is 25.6. The van der Waals surface area contributed by atoms with Crippen LogP contribution in [0.25, 0.3) is 0 Å². The molecule has 0 aliphatic heterocycles. The highest BCUT2D eigenvalue weighted by molar-refractivity contribution is 5.76. The molecule has 6 nitrogen and oxygen atoms in total. The Morgan fingerprint density at radius 3 is 0.952 bits per heavy atom. The monoisotopic (exact) mass is 1160 g/mol. The Labute approximate surface area is 518 Å². The molecule has 83 heavy (non-hydrogen) atoms. The Balaban J connectivity index is 3.43. The van der Waals surface area contributed by atoms with Crippen molar-refractivity contribution < 1.29 is 24.5 Å². The Morgan fingerprint density at radius 1 is 0.337 bits per heavy atom. The summed E-state index contributed by atoms with van der Waals surface area (Å²) in [6, 6.07) is -0.635. The minimum Gasteiger partial charge on any atom is -0.466 e. The van der Waals surface area contributed by atoms with Crippen LogP contribution in [0.15, 0.2) is 48.6 Å². The van der Waals surface area contributed by atoms with Crippen LogP contribution in [0.1, 0.15) is 406 Å². The van der Waals surface area contributed by atoms with Gasteiger partial charge in [0, 0.05) is 12.8 Å². The van der Waals surface area contributed by atoms with Crippen molar-refractivity contribution in [3.63, 3.8) is 0 Å². The molecule has 0 saturated carbocycles. The van der Waals surface area contributed by atoms with Gasteiger partial charge in [0.1, 0.15) is 0 Å². The average molecular weight is 1170 g/mol. The van der Waals surface area contributed by atoms with Crippen LogP contribution in [0.4, 0.5) is 0 Å². The largest absolute Gasteiger partial charge is 0.466 e. The van der Waals surface area contributed by atoms with Gasteiger partial charge in [-0.25, -0.2) is 0 Å². The molecule has 0 aromatic carbocycles. The van der Waals surface area contributed by atoms with E-state index in [4.69, 9.17) is 4.74 Å². The first kappa shape index (κ1) is 80.8. The number of allylic oxidation sites excluding steroid dienone is 7. The number of hydrogen-bond donors (Lipinski definition) is 3. The van der Waals surface area contributed by atoms with Gasteiger partial charge in [0.2, 0.25) is 5.91 Å². The number of amides is 1. The molecule has 0 rings (SSSR count). The third-order valence-electron chi connectivity index (χ3n) is 17.3. The number of carbonyl (C=O) groups excluding carboxylic acids is 2. The first-order valence-corrected chi connectivity index (χ1v) is 37.4. The summed E-state index contributed by atoms with van der Waals surface area (Å²) in [5.41, 5.74) is 0. The van der Waals surface area contributed by atoms with E-state index in [1.807, 2.05) is 6.08 Å². The fourth-order valence-electron chi connectivity index (χ4n) is 11.6. The Kier molecular flexibility index (Phi) is 70.4. The summed E-state index contributed by atoms with van der Waals surface area (Å²) < 4.78 is 5.51. The van der Waals surface area contributed by atoms with Crippen LogP contribution < -0.4 is 5.32 Å². The second-order valence-corrected chi connectivity index (χ2v) is 25.6. The molecule has 0 aromatic heterocycles. The maximum Gasteiger partial charge on any atom is 0.305 e. The Hall–Kier alpha value is -2.18. The Bertz CT molecular complexity index is 1390. The predicted octanol–water partition coefficient (Wildman–Crippen LogP) is 24.4. The number of ether oxygens (including phenoxy) is 1. The highest BCUT2D eigenvalue weighted by Crippen LogP contribution is 2.19. The first-order chi connectivity index (χ1) is 41.0. The van der Waals surface area contributed by atoms with E-state index in [-0.39, 0.29) is 18.5 Å². The molecule has 1 amide bonds. The topological polar surface area (TPSA) is 95.9 Å². The zero-order chi connectivity index (χ0) is 59.9. The van der Waals surface area contributed by atoms with Gasteiger partial charge in [-0.05, 0) is 89.9 Å². The highest BCUT2D eigenvalue weighted by Gasteiger charge is 2.18.